The molecule has 38 heavy (non-hydrogen) atoms. The molecule has 4 aromatic rings. The number of phenolic OH excluding ortho intramolecular Hbond substituents is 1. The average molecular weight is 520 g/mol. The summed E-state index contributed by atoms with van der Waals surface area (Å²) in [6.45, 7) is 4.29. The second kappa shape index (κ2) is 9.37. The predicted molar refractivity (Wildman–Crippen MR) is 141 cm³/mol. The van der Waals surface area contributed by atoms with Gasteiger partial charge in [-0.05, 0) is 79.1 Å². The summed E-state index contributed by atoms with van der Waals surface area (Å²) in [6.07, 6.45) is -0.965. The summed E-state index contributed by atoms with van der Waals surface area (Å²) in [7, 11) is 1.90. The van der Waals surface area contributed by atoms with E-state index < -0.39 is 11.7 Å². The average Bonchev–Trinajstić information content (AvgIpc) is 3.36. The molecule has 0 atom stereocenters. The van der Waals surface area contributed by atoms with Crippen LogP contribution in [0, 0.1) is 13.8 Å². The van der Waals surface area contributed by atoms with Crippen molar-refractivity contribution in [2.45, 2.75) is 20.0 Å². The van der Waals surface area contributed by atoms with Crippen LogP contribution in [0.15, 0.2) is 75.5 Å². The number of aromatic hydroxyl groups is 2. The van der Waals surface area contributed by atoms with Crippen molar-refractivity contribution in [3.05, 3.63) is 82.5 Å². The minimum absolute atomic E-state index is 0.0118. The number of benzene rings is 3. The summed E-state index contributed by atoms with van der Waals surface area (Å²) in [5.74, 6) is -0.505. The van der Waals surface area contributed by atoms with Gasteiger partial charge in [-0.25, -0.2) is 0 Å². The van der Waals surface area contributed by atoms with E-state index >= 15 is 0 Å². The Morgan fingerprint density at radius 1 is 0.947 bits per heavy atom. The third kappa shape index (κ3) is 4.72. The topological polar surface area (TPSA) is 85.7 Å². The third-order valence-corrected chi connectivity index (χ3v) is 6.24. The second-order valence-corrected chi connectivity index (χ2v) is 9.25. The first-order chi connectivity index (χ1) is 18.0. The fourth-order valence-electron chi connectivity index (χ4n) is 4.45. The number of alkyl halides is 3. The number of hydrogen-bond acceptors (Lipinski definition) is 6. The number of nitrogens with zero attached hydrogens (tertiary/aromatic N) is 5. The quantitative estimate of drug-likeness (QED) is 0.275. The molecule has 0 fully saturated rings. The highest BCUT2D eigenvalue weighted by molar-refractivity contribution is 5.97. The zero-order chi connectivity index (χ0) is 27.2. The van der Waals surface area contributed by atoms with Gasteiger partial charge >= 0.3 is 6.18 Å². The van der Waals surface area contributed by atoms with E-state index in [2.05, 4.69) is 15.2 Å². The summed E-state index contributed by atoms with van der Waals surface area (Å²) in [5.41, 5.74) is 3.28. The van der Waals surface area contributed by atoms with E-state index in [1.807, 2.05) is 37.9 Å². The highest BCUT2D eigenvalue weighted by atomic mass is 19.4. The fraction of sp³-hybridized carbons (Fsp3) is 0.179. The molecule has 0 aliphatic carbocycles. The van der Waals surface area contributed by atoms with E-state index in [-0.39, 0.29) is 33.9 Å². The van der Waals surface area contributed by atoms with Gasteiger partial charge in [0.15, 0.2) is 5.69 Å². The van der Waals surface area contributed by atoms with Crippen LogP contribution in [0.4, 0.5) is 24.5 Å². The van der Waals surface area contributed by atoms with Crippen LogP contribution in [0.25, 0.3) is 22.7 Å². The van der Waals surface area contributed by atoms with Crippen LogP contribution < -0.4 is 0 Å². The number of allylic oxidation sites excluding steroid dienone is 1. The number of halogens is 3. The lowest BCUT2D eigenvalue weighted by Gasteiger charge is -2.11. The molecular weight excluding hydrogens is 495 g/mol. The van der Waals surface area contributed by atoms with Crippen molar-refractivity contribution in [3.8, 4) is 17.3 Å². The number of hydrogen-bond donors (Lipinski definition) is 2. The Labute approximate surface area is 216 Å². The van der Waals surface area contributed by atoms with Crippen molar-refractivity contribution < 1.29 is 23.4 Å². The maximum absolute atomic E-state index is 13.5. The monoisotopic (exact) mass is 519 g/mol. The molecule has 194 valence electrons. The van der Waals surface area contributed by atoms with Crippen molar-refractivity contribution >= 4 is 34.6 Å². The Hall–Kier alpha value is -4.60. The molecule has 0 spiro atoms. The van der Waals surface area contributed by atoms with Gasteiger partial charge in [0.1, 0.15) is 18.1 Å². The van der Waals surface area contributed by atoms with E-state index in [4.69, 9.17) is 0 Å². The SMILES string of the molecule is Cc1cc(C)cc(-n2c(O)c(N=Nc3ccc(C=C4C=NCN4C)cc3O)c3ccc(C(F)(F)F)cc32)c1. The van der Waals surface area contributed by atoms with E-state index in [9.17, 15) is 23.4 Å². The van der Waals surface area contributed by atoms with E-state index in [1.54, 1.807) is 30.5 Å². The lowest BCUT2D eigenvalue weighted by Crippen LogP contribution is -2.11. The molecule has 1 aromatic heterocycles. The first-order valence-electron chi connectivity index (χ1n) is 11.7. The molecule has 0 unspecified atom stereocenters. The van der Waals surface area contributed by atoms with Gasteiger partial charge in [0, 0.05) is 24.3 Å². The molecule has 0 saturated carbocycles. The summed E-state index contributed by atoms with van der Waals surface area (Å²) >= 11 is 0. The Bertz CT molecular complexity index is 1630. The summed E-state index contributed by atoms with van der Waals surface area (Å²) in [4.78, 5) is 6.13. The van der Waals surface area contributed by atoms with Crippen molar-refractivity contribution in [2.75, 3.05) is 13.7 Å². The number of aromatic nitrogens is 1. The molecule has 10 heteroatoms. The van der Waals surface area contributed by atoms with Gasteiger partial charge in [-0.3, -0.25) is 9.56 Å². The number of azo groups is 1. The number of aliphatic imine (C=N–C) groups is 1. The summed E-state index contributed by atoms with van der Waals surface area (Å²) in [5, 5.41) is 30.2. The van der Waals surface area contributed by atoms with Crippen LogP contribution in [0.1, 0.15) is 22.3 Å². The molecule has 3 aromatic carbocycles. The number of aryl methyl sites for hydroxylation is 2. The smallest absolute Gasteiger partial charge is 0.416 e. The molecule has 0 saturated heterocycles. The second-order valence-electron chi connectivity index (χ2n) is 9.25. The van der Waals surface area contributed by atoms with Gasteiger partial charge in [-0.15, -0.1) is 10.2 Å². The van der Waals surface area contributed by atoms with Crippen LogP contribution in [-0.4, -0.2) is 39.6 Å². The minimum atomic E-state index is -4.56. The van der Waals surface area contributed by atoms with Crippen molar-refractivity contribution in [2.24, 2.45) is 15.2 Å². The van der Waals surface area contributed by atoms with Gasteiger partial charge in [0.25, 0.3) is 0 Å². The molecule has 1 aliphatic rings. The standard InChI is InChI=1S/C28H24F3N5O2/c1-16-8-17(2)10-20(9-16)36-24-13-19(28(29,30)31)5-6-22(24)26(27(36)38)34-33-23-7-4-18(12-25(23)37)11-21-14-32-15-35(21)3/h4-14,37-38H,15H2,1-3H3. The number of rotatable bonds is 4. The molecule has 2 N–H and O–H groups in total. The normalized spacial score (nSPS) is 15.0. The lowest BCUT2D eigenvalue weighted by atomic mass is 10.1. The van der Waals surface area contributed by atoms with Crippen LogP contribution >= 0.6 is 0 Å². The van der Waals surface area contributed by atoms with E-state index in [1.165, 1.54) is 16.7 Å². The lowest BCUT2D eigenvalue weighted by molar-refractivity contribution is -0.137. The van der Waals surface area contributed by atoms with Crippen LogP contribution in [0.5, 0.6) is 11.6 Å². The maximum atomic E-state index is 13.5. The van der Waals surface area contributed by atoms with Gasteiger partial charge in [0.2, 0.25) is 5.88 Å². The van der Waals surface area contributed by atoms with Crippen molar-refractivity contribution in [1.29, 1.82) is 0 Å². The van der Waals surface area contributed by atoms with Crippen LogP contribution in [0.2, 0.25) is 0 Å². The number of phenols is 1. The molecular formula is C28H24F3N5O2. The molecule has 7 nitrogen and oxygen atoms in total. The summed E-state index contributed by atoms with van der Waals surface area (Å²) in [6, 6.07) is 13.5. The first-order valence-corrected chi connectivity index (χ1v) is 11.7. The Balaban J connectivity index is 1.60. The summed E-state index contributed by atoms with van der Waals surface area (Å²) < 4.78 is 41.9. The highest BCUT2D eigenvalue weighted by Crippen LogP contribution is 2.44. The molecule has 0 amide bonds. The van der Waals surface area contributed by atoms with Crippen molar-refractivity contribution in [3.63, 3.8) is 0 Å². The van der Waals surface area contributed by atoms with Crippen LogP contribution in [0.3, 0.4) is 0 Å². The molecule has 0 radical (unpaired) electrons. The van der Waals surface area contributed by atoms with E-state index in [0.29, 0.717) is 12.4 Å². The van der Waals surface area contributed by atoms with Gasteiger partial charge in [0.05, 0.1) is 16.8 Å². The van der Waals surface area contributed by atoms with Gasteiger partial charge < -0.3 is 15.1 Å². The van der Waals surface area contributed by atoms with Crippen LogP contribution in [-0.2, 0) is 6.18 Å². The Morgan fingerprint density at radius 3 is 2.32 bits per heavy atom. The zero-order valence-electron chi connectivity index (χ0n) is 20.8. The Morgan fingerprint density at radius 2 is 1.68 bits per heavy atom. The molecule has 0 bridgehead atoms. The third-order valence-electron chi connectivity index (χ3n) is 6.24. The first kappa shape index (κ1) is 25.1. The molecule has 2 heterocycles. The minimum Gasteiger partial charge on any atom is -0.506 e. The highest BCUT2D eigenvalue weighted by Gasteiger charge is 2.32. The molecule has 5 rings (SSSR count). The fourth-order valence-corrected chi connectivity index (χ4v) is 4.45. The molecule has 1 aliphatic heterocycles. The van der Waals surface area contributed by atoms with Gasteiger partial charge in [-0.1, -0.05) is 12.1 Å². The maximum Gasteiger partial charge on any atom is 0.416 e. The zero-order valence-corrected chi connectivity index (χ0v) is 20.8. The van der Waals surface area contributed by atoms with E-state index in [0.717, 1.165) is 34.5 Å². The Kier molecular flexibility index (Phi) is 6.18. The number of fused-ring (bicyclic) bond motifs is 1. The van der Waals surface area contributed by atoms with Crippen molar-refractivity contribution in [1.82, 2.24) is 9.47 Å². The predicted octanol–water partition coefficient (Wildman–Crippen LogP) is 7.41. The van der Waals surface area contributed by atoms with Gasteiger partial charge in [-0.2, -0.15) is 13.2 Å². The largest absolute Gasteiger partial charge is 0.506 e.